The number of ether oxygens (including phenoxy) is 1. The van der Waals surface area contributed by atoms with Crippen LogP contribution in [0.3, 0.4) is 0 Å². The van der Waals surface area contributed by atoms with Gasteiger partial charge in [-0.15, -0.1) is 0 Å². The Hall–Kier alpha value is -3.01. The summed E-state index contributed by atoms with van der Waals surface area (Å²) >= 11 is 0. The second-order valence-electron chi connectivity index (χ2n) is 7.78. The molecule has 1 aliphatic heterocycles. The van der Waals surface area contributed by atoms with Crippen LogP contribution in [-0.2, 0) is 0 Å². The molecule has 4 rings (SSSR count). The number of nitrogens with two attached hydrogens (primary N) is 1. The molecule has 10 heteroatoms. The molecular formula is C21H22F3N3O4. The maximum Gasteiger partial charge on any atom is 0.341 e. The van der Waals surface area contributed by atoms with Gasteiger partial charge < -0.3 is 25.0 Å². The molecule has 2 heterocycles. The van der Waals surface area contributed by atoms with Gasteiger partial charge in [-0.05, 0) is 24.5 Å². The van der Waals surface area contributed by atoms with Gasteiger partial charge in [0.05, 0.1) is 24.1 Å². The monoisotopic (exact) mass is 437 g/mol. The van der Waals surface area contributed by atoms with E-state index in [4.69, 9.17) is 10.5 Å². The summed E-state index contributed by atoms with van der Waals surface area (Å²) in [6.45, 7) is 0.249. The zero-order valence-electron chi connectivity index (χ0n) is 16.8. The summed E-state index contributed by atoms with van der Waals surface area (Å²) in [6, 6.07) is 0.269. The molecule has 0 bridgehead atoms. The van der Waals surface area contributed by atoms with Crippen molar-refractivity contribution in [2.45, 2.75) is 31.5 Å². The van der Waals surface area contributed by atoms with Gasteiger partial charge in [0.25, 0.3) is 0 Å². The van der Waals surface area contributed by atoms with Crippen molar-refractivity contribution >= 4 is 22.6 Å². The SMILES string of the molecule is COc1c(N2CCC/C(=C(\F)CN)C2)c(F)cc2c(=O)c(C(=O)O)cn(C3CC3F)c12. The Kier molecular flexibility index (Phi) is 5.42. The number of carboxylic acid groups (broad SMARTS) is 1. The topological polar surface area (TPSA) is 97.8 Å². The normalized spacial score (nSPS) is 22.5. The molecule has 2 atom stereocenters. The molecule has 1 saturated carbocycles. The number of halogens is 3. The van der Waals surface area contributed by atoms with Gasteiger partial charge in [-0.1, -0.05) is 0 Å². The number of carboxylic acids is 1. The summed E-state index contributed by atoms with van der Waals surface area (Å²) in [4.78, 5) is 25.9. The number of aromatic nitrogens is 1. The van der Waals surface area contributed by atoms with Crippen LogP contribution in [0.4, 0.5) is 18.9 Å². The van der Waals surface area contributed by atoms with Crippen molar-refractivity contribution < 1.29 is 27.8 Å². The lowest BCUT2D eigenvalue weighted by atomic mass is 10.0. The van der Waals surface area contributed by atoms with E-state index in [2.05, 4.69) is 0 Å². The Morgan fingerprint density at radius 2 is 2.13 bits per heavy atom. The van der Waals surface area contributed by atoms with Crippen LogP contribution in [0.1, 0.15) is 35.7 Å². The van der Waals surface area contributed by atoms with E-state index < -0.39 is 40.8 Å². The number of rotatable bonds is 5. The molecule has 2 fully saturated rings. The third-order valence-electron chi connectivity index (χ3n) is 5.84. The van der Waals surface area contributed by atoms with Crippen LogP contribution in [0.2, 0.25) is 0 Å². The van der Waals surface area contributed by atoms with Crippen LogP contribution in [0.5, 0.6) is 5.75 Å². The third-order valence-corrected chi connectivity index (χ3v) is 5.84. The minimum atomic E-state index is -1.48. The maximum absolute atomic E-state index is 15.3. The molecule has 0 spiro atoms. The molecule has 1 aliphatic carbocycles. The quantitative estimate of drug-likeness (QED) is 0.747. The molecule has 1 aromatic carbocycles. The smallest absolute Gasteiger partial charge is 0.341 e. The predicted molar refractivity (Wildman–Crippen MR) is 109 cm³/mol. The second-order valence-corrected chi connectivity index (χ2v) is 7.78. The highest BCUT2D eigenvalue weighted by Crippen LogP contribution is 2.45. The number of nitrogens with zero attached hydrogens (tertiary/aromatic N) is 2. The van der Waals surface area contributed by atoms with Gasteiger partial charge in [-0.25, -0.2) is 18.0 Å². The zero-order chi connectivity index (χ0) is 22.4. The lowest BCUT2D eigenvalue weighted by Gasteiger charge is -2.33. The molecule has 2 unspecified atom stereocenters. The Bertz CT molecular complexity index is 1160. The number of benzene rings is 1. The van der Waals surface area contributed by atoms with Crippen molar-refractivity contribution in [1.29, 1.82) is 0 Å². The summed E-state index contributed by atoms with van der Waals surface area (Å²) in [7, 11) is 1.29. The minimum Gasteiger partial charge on any atom is -0.492 e. The maximum atomic E-state index is 15.3. The first-order chi connectivity index (χ1) is 14.8. The summed E-state index contributed by atoms with van der Waals surface area (Å²) in [5.41, 5.74) is 4.54. The van der Waals surface area contributed by atoms with Gasteiger partial charge in [0.1, 0.15) is 23.2 Å². The van der Waals surface area contributed by atoms with Crippen molar-refractivity contribution in [2.24, 2.45) is 5.73 Å². The molecule has 166 valence electrons. The van der Waals surface area contributed by atoms with Crippen LogP contribution in [0, 0.1) is 5.82 Å². The van der Waals surface area contributed by atoms with Crippen LogP contribution >= 0.6 is 0 Å². The standard InChI is InChI=1S/C21H22F3N3O4/c1-31-20-17-11(19(28)12(21(29)30)9-27(17)16-6-13(16)22)5-14(23)18(20)26-4-2-3-10(8-26)15(24)7-25/h5,9,13,16H,2-4,6-8,25H2,1H3,(H,29,30)/b15-10+. The van der Waals surface area contributed by atoms with Crippen molar-refractivity contribution in [3.8, 4) is 5.75 Å². The number of hydrogen-bond donors (Lipinski definition) is 2. The Morgan fingerprint density at radius 3 is 2.71 bits per heavy atom. The van der Waals surface area contributed by atoms with Gasteiger partial charge in [-0.3, -0.25) is 4.79 Å². The molecule has 0 radical (unpaired) electrons. The second kappa shape index (κ2) is 7.92. The van der Waals surface area contributed by atoms with Crippen LogP contribution in [0.25, 0.3) is 10.9 Å². The lowest BCUT2D eigenvalue weighted by molar-refractivity contribution is 0.0694. The average molecular weight is 437 g/mol. The van der Waals surface area contributed by atoms with E-state index in [0.717, 1.165) is 12.3 Å². The number of carbonyl (C=O) groups is 1. The van der Waals surface area contributed by atoms with E-state index in [1.165, 1.54) is 11.7 Å². The Morgan fingerprint density at radius 1 is 1.42 bits per heavy atom. The minimum absolute atomic E-state index is 0.0162. The molecule has 31 heavy (non-hydrogen) atoms. The number of pyridine rings is 1. The van der Waals surface area contributed by atoms with E-state index in [1.54, 1.807) is 4.90 Å². The largest absolute Gasteiger partial charge is 0.492 e. The summed E-state index contributed by atoms with van der Waals surface area (Å²) in [5.74, 6) is -2.76. The van der Waals surface area contributed by atoms with E-state index in [9.17, 15) is 23.5 Å². The van der Waals surface area contributed by atoms with Gasteiger partial charge in [0, 0.05) is 32.3 Å². The van der Waals surface area contributed by atoms with E-state index in [1.807, 2.05) is 0 Å². The first-order valence-corrected chi connectivity index (χ1v) is 9.92. The van der Waals surface area contributed by atoms with Gasteiger partial charge in [0.15, 0.2) is 11.6 Å². The fraction of sp³-hybridized carbons (Fsp3) is 0.429. The Balaban J connectivity index is 1.98. The lowest BCUT2D eigenvalue weighted by Crippen LogP contribution is -2.33. The Labute approximate surface area is 175 Å². The molecular weight excluding hydrogens is 415 g/mol. The molecule has 7 nitrogen and oxygen atoms in total. The summed E-state index contributed by atoms with van der Waals surface area (Å²) in [6.07, 6.45) is 1.06. The molecule has 1 aromatic heterocycles. The zero-order valence-corrected chi connectivity index (χ0v) is 16.8. The van der Waals surface area contributed by atoms with Crippen LogP contribution in [-0.4, -0.2) is 48.6 Å². The molecule has 2 aromatic rings. The van der Waals surface area contributed by atoms with Crippen molar-refractivity contribution in [2.75, 3.05) is 31.6 Å². The fourth-order valence-corrected chi connectivity index (χ4v) is 4.21. The molecule has 2 aliphatic rings. The molecule has 3 N–H and O–H groups in total. The van der Waals surface area contributed by atoms with Gasteiger partial charge in [0.2, 0.25) is 5.43 Å². The number of piperidine rings is 1. The summed E-state index contributed by atoms with van der Waals surface area (Å²) in [5, 5.41) is 9.18. The summed E-state index contributed by atoms with van der Waals surface area (Å²) < 4.78 is 50.1. The van der Waals surface area contributed by atoms with Crippen LogP contribution < -0.4 is 20.8 Å². The number of fused-ring (bicyclic) bond motifs is 1. The van der Waals surface area contributed by atoms with E-state index in [-0.39, 0.29) is 41.9 Å². The highest BCUT2D eigenvalue weighted by Gasteiger charge is 2.41. The number of aromatic carboxylic acids is 1. The van der Waals surface area contributed by atoms with Crippen molar-refractivity contribution in [1.82, 2.24) is 4.57 Å². The van der Waals surface area contributed by atoms with Gasteiger partial charge >= 0.3 is 5.97 Å². The van der Waals surface area contributed by atoms with Gasteiger partial charge in [-0.2, -0.15) is 0 Å². The van der Waals surface area contributed by atoms with E-state index in [0.29, 0.717) is 25.0 Å². The molecule has 0 amide bonds. The first kappa shape index (κ1) is 21.2. The van der Waals surface area contributed by atoms with Crippen molar-refractivity contribution in [3.63, 3.8) is 0 Å². The third kappa shape index (κ3) is 3.54. The average Bonchev–Trinajstić information content (AvgIpc) is 3.48. The van der Waals surface area contributed by atoms with Crippen molar-refractivity contribution in [3.05, 3.63) is 45.3 Å². The number of anilines is 1. The van der Waals surface area contributed by atoms with E-state index >= 15 is 4.39 Å². The number of alkyl halides is 1. The van der Waals surface area contributed by atoms with Crippen LogP contribution in [0.15, 0.2) is 28.5 Å². The first-order valence-electron chi connectivity index (χ1n) is 9.92. The molecule has 1 saturated heterocycles. The fourth-order valence-electron chi connectivity index (χ4n) is 4.21. The number of hydrogen-bond acceptors (Lipinski definition) is 5. The highest BCUT2D eigenvalue weighted by molar-refractivity contribution is 5.97. The highest BCUT2D eigenvalue weighted by atomic mass is 19.1. The predicted octanol–water partition coefficient (Wildman–Crippen LogP) is 2.91. The number of methoxy groups -OCH3 is 1.